The molecule has 116 valence electrons. The van der Waals surface area contributed by atoms with E-state index >= 15 is 0 Å². The molecule has 0 bridgehead atoms. The fraction of sp³-hybridized carbons (Fsp3) is 0.789. The molecule has 3 atom stereocenters. The number of allylic oxidation sites excluding steroid dienone is 1. The third-order valence-corrected chi connectivity index (χ3v) is 5.00. The second kappa shape index (κ2) is 7.90. The van der Waals surface area contributed by atoms with Gasteiger partial charge in [-0.1, -0.05) is 72.1 Å². The van der Waals surface area contributed by atoms with Crippen molar-refractivity contribution in [1.82, 2.24) is 4.90 Å². The van der Waals surface area contributed by atoms with Crippen molar-refractivity contribution in [3.63, 3.8) is 0 Å². The summed E-state index contributed by atoms with van der Waals surface area (Å²) in [6, 6.07) is 0.517. The quantitative estimate of drug-likeness (QED) is 0.519. The average molecular weight is 277 g/mol. The minimum atomic E-state index is 0.517. The molecule has 1 aliphatic heterocycles. The lowest BCUT2D eigenvalue weighted by atomic mass is 9.84. The Labute approximate surface area is 127 Å². The predicted molar refractivity (Wildman–Crippen MR) is 90.7 cm³/mol. The highest BCUT2D eigenvalue weighted by Gasteiger charge is 2.33. The summed E-state index contributed by atoms with van der Waals surface area (Å²) in [5, 5.41) is 0. The summed E-state index contributed by atoms with van der Waals surface area (Å²) in [6.45, 7) is 21.3. The maximum atomic E-state index is 4.47. The van der Waals surface area contributed by atoms with Gasteiger partial charge in [-0.3, -0.25) is 0 Å². The van der Waals surface area contributed by atoms with E-state index in [1.54, 1.807) is 0 Å². The first-order chi connectivity index (χ1) is 9.42. The predicted octanol–water partition coefficient (Wildman–Crippen LogP) is 5.64. The van der Waals surface area contributed by atoms with Crippen molar-refractivity contribution >= 4 is 0 Å². The van der Waals surface area contributed by atoms with Crippen LogP contribution in [0.4, 0.5) is 0 Å². The van der Waals surface area contributed by atoms with Crippen LogP contribution in [0.5, 0.6) is 0 Å². The summed E-state index contributed by atoms with van der Waals surface area (Å²) >= 11 is 0. The number of likely N-dealkylation sites (tertiary alicyclic amines) is 1. The fourth-order valence-corrected chi connectivity index (χ4v) is 3.75. The zero-order valence-corrected chi connectivity index (χ0v) is 14.4. The van der Waals surface area contributed by atoms with Gasteiger partial charge in [-0.25, -0.2) is 0 Å². The van der Waals surface area contributed by atoms with E-state index < -0.39 is 0 Å². The molecule has 0 aromatic heterocycles. The normalized spacial score (nSPS) is 24.2. The second-order valence-electron chi connectivity index (χ2n) is 6.97. The van der Waals surface area contributed by atoms with Crippen LogP contribution >= 0.6 is 0 Å². The third-order valence-electron chi connectivity index (χ3n) is 5.00. The Hall–Kier alpha value is -0.720. The van der Waals surface area contributed by atoms with Crippen LogP contribution in [0.2, 0.25) is 0 Å². The van der Waals surface area contributed by atoms with Crippen molar-refractivity contribution < 1.29 is 0 Å². The summed E-state index contributed by atoms with van der Waals surface area (Å²) in [7, 11) is 0. The molecule has 1 aliphatic rings. The average Bonchev–Trinajstić information content (AvgIpc) is 2.79. The standard InChI is InChI=1S/C19H35N/c1-8-10-18(11-9-2)16(6)17(7)20-13-15(5)12-19(20)14(3)4/h15-16,18-19H,3,7-13H2,1-2,4-6H3. The molecule has 3 unspecified atom stereocenters. The van der Waals surface area contributed by atoms with E-state index in [1.807, 2.05) is 0 Å². The van der Waals surface area contributed by atoms with Crippen molar-refractivity contribution in [3.8, 4) is 0 Å². The van der Waals surface area contributed by atoms with Gasteiger partial charge in [-0.2, -0.15) is 0 Å². The fourth-order valence-electron chi connectivity index (χ4n) is 3.75. The SMILES string of the molecule is C=C(C)C1CC(C)CN1C(=C)C(C)C(CCC)CCC. The van der Waals surface area contributed by atoms with Gasteiger partial charge in [0.2, 0.25) is 0 Å². The summed E-state index contributed by atoms with van der Waals surface area (Å²) in [6.07, 6.45) is 6.46. The van der Waals surface area contributed by atoms with Gasteiger partial charge < -0.3 is 4.90 Å². The van der Waals surface area contributed by atoms with Crippen LogP contribution in [0.1, 0.15) is 66.7 Å². The van der Waals surface area contributed by atoms with Gasteiger partial charge in [0.1, 0.15) is 0 Å². The van der Waals surface area contributed by atoms with Gasteiger partial charge in [0.05, 0.1) is 0 Å². The molecule has 0 spiro atoms. The molecule has 0 aliphatic carbocycles. The topological polar surface area (TPSA) is 3.24 Å². The molecule has 1 rings (SSSR count). The van der Waals surface area contributed by atoms with Gasteiger partial charge in [0, 0.05) is 18.3 Å². The molecule has 0 saturated carbocycles. The number of nitrogens with zero attached hydrogens (tertiary/aromatic N) is 1. The Kier molecular flexibility index (Phi) is 6.85. The molecule has 0 aromatic rings. The summed E-state index contributed by atoms with van der Waals surface area (Å²) < 4.78 is 0. The first-order valence-electron chi connectivity index (χ1n) is 8.53. The van der Waals surface area contributed by atoms with E-state index in [1.165, 1.54) is 43.4 Å². The van der Waals surface area contributed by atoms with E-state index in [0.717, 1.165) is 18.4 Å². The molecular formula is C19H35N. The highest BCUT2D eigenvalue weighted by Crippen LogP contribution is 2.36. The molecule has 0 radical (unpaired) electrons. The lowest BCUT2D eigenvalue weighted by molar-refractivity contribution is 0.251. The first kappa shape index (κ1) is 17.3. The van der Waals surface area contributed by atoms with Gasteiger partial charge in [0.25, 0.3) is 0 Å². The Morgan fingerprint density at radius 2 is 1.75 bits per heavy atom. The lowest BCUT2D eigenvalue weighted by Crippen LogP contribution is -2.33. The van der Waals surface area contributed by atoms with Crippen LogP contribution < -0.4 is 0 Å². The first-order valence-corrected chi connectivity index (χ1v) is 8.53. The zero-order chi connectivity index (χ0) is 15.3. The van der Waals surface area contributed by atoms with E-state index in [2.05, 4.69) is 52.7 Å². The van der Waals surface area contributed by atoms with Crippen LogP contribution in [0.25, 0.3) is 0 Å². The van der Waals surface area contributed by atoms with Crippen molar-refractivity contribution in [2.75, 3.05) is 6.54 Å². The maximum Gasteiger partial charge on any atom is 0.0497 e. The number of hydrogen-bond acceptors (Lipinski definition) is 1. The molecule has 1 fully saturated rings. The Balaban J connectivity index is 2.78. The van der Waals surface area contributed by atoms with Gasteiger partial charge in [0.15, 0.2) is 0 Å². The second-order valence-corrected chi connectivity index (χ2v) is 6.97. The molecule has 1 heteroatoms. The molecule has 0 amide bonds. The van der Waals surface area contributed by atoms with E-state index in [-0.39, 0.29) is 0 Å². The largest absolute Gasteiger partial charge is 0.368 e. The number of hydrogen-bond donors (Lipinski definition) is 0. The van der Waals surface area contributed by atoms with E-state index in [9.17, 15) is 0 Å². The molecule has 0 aromatic carbocycles. The molecular weight excluding hydrogens is 242 g/mol. The Morgan fingerprint density at radius 3 is 2.20 bits per heavy atom. The maximum absolute atomic E-state index is 4.47. The highest BCUT2D eigenvalue weighted by molar-refractivity contribution is 5.14. The molecule has 0 N–H and O–H groups in total. The van der Waals surface area contributed by atoms with Crippen LogP contribution in [-0.2, 0) is 0 Å². The van der Waals surface area contributed by atoms with E-state index in [4.69, 9.17) is 0 Å². The van der Waals surface area contributed by atoms with Crippen molar-refractivity contribution in [1.29, 1.82) is 0 Å². The third kappa shape index (κ3) is 4.14. The molecule has 1 heterocycles. The summed E-state index contributed by atoms with van der Waals surface area (Å²) in [4.78, 5) is 2.55. The zero-order valence-electron chi connectivity index (χ0n) is 14.4. The summed E-state index contributed by atoms with van der Waals surface area (Å²) in [5.41, 5.74) is 2.65. The Bertz CT molecular complexity index is 325. The molecule has 20 heavy (non-hydrogen) atoms. The Morgan fingerprint density at radius 1 is 1.20 bits per heavy atom. The van der Waals surface area contributed by atoms with Crippen LogP contribution in [0.15, 0.2) is 24.4 Å². The monoisotopic (exact) mass is 277 g/mol. The van der Waals surface area contributed by atoms with Crippen LogP contribution in [0.3, 0.4) is 0 Å². The molecule has 1 nitrogen and oxygen atoms in total. The van der Waals surface area contributed by atoms with Crippen LogP contribution in [0, 0.1) is 17.8 Å². The van der Waals surface area contributed by atoms with Gasteiger partial charge >= 0.3 is 0 Å². The van der Waals surface area contributed by atoms with Gasteiger partial charge in [-0.05, 0) is 31.1 Å². The van der Waals surface area contributed by atoms with Crippen molar-refractivity contribution in [2.45, 2.75) is 72.8 Å². The molecule has 1 saturated heterocycles. The highest BCUT2D eigenvalue weighted by atomic mass is 15.2. The van der Waals surface area contributed by atoms with Crippen molar-refractivity contribution in [2.24, 2.45) is 17.8 Å². The number of rotatable bonds is 8. The smallest absolute Gasteiger partial charge is 0.0497 e. The van der Waals surface area contributed by atoms with Crippen LogP contribution in [-0.4, -0.2) is 17.5 Å². The minimum Gasteiger partial charge on any atom is -0.368 e. The van der Waals surface area contributed by atoms with E-state index in [0.29, 0.717) is 12.0 Å². The van der Waals surface area contributed by atoms with Crippen molar-refractivity contribution in [3.05, 3.63) is 24.4 Å². The minimum absolute atomic E-state index is 0.517. The summed E-state index contributed by atoms with van der Waals surface area (Å²) in [5.74, 6) is 2.15. The van der Waals surface area contributed by atoms with Gasteiger partial charge in [-0.15, -0.1) is 0 Å². The lowest BCUT2D eigenvalue weighted by Gasteiger charge is -2.35.